The molecule has 0 aliphatic rings. The summed E-state index contributed by atoms with van der Waals surface area (Å²) in [7, 11) is 0. The minimum Gasteiger partial charge on any atom is -0.396 e. The summed E-state index contributed by atoms with van der Waals surface area (Å²) in [6, 6.07) is 18.9. The highest BCUT2D eigenvalue weighted by atomic mass is 79.9. The molecule has 3 rings (SSSR count). The lowest BCUT2D eigenvalue weighted by atomic mass is 10.0. The SMILES string of the molecule is OCCC(c1ccccc1)n1ccc2cc(Br)ccc21. The van der Waals surface area contributed by atoms with Gasteiger partial charge in [-0.1, -0.05) is 46.3 Å². The van der Waals surface area contributed by atoms with Gasteiger partial charge in [0.1, 0.15) is 0 Å². The van der Waals surface area contributed by atoms with E-state index in [1.54, 1.807) is 0 Å². The smallest absolute Gasteiger partial charge is 0.0607 e. The lowest BCUT2D eigenvalue weighted by Crippen LogP contribution is -2.11. The molecule has 2 aromatic carbocycles. The standard InChI is InChI=1S/C17H16BrNO/c18-15-6-7-16-14(12-15)8-10-19(16)17(9-11-20)13-4-2-1-3-5-13/h1-8,10,12,17,20H,9,11H2. The Kier molecular flexibility index (Phi) is 3.90. The fraction of sp³-hybridized carbons (Fsp3) is 0.176. The van der Waals surface area contributed by atoms with Gasteiger partial charge in [0.05, 0.1) is 6.04 Å². The molecule has 1 aromatic heterocycles. The van der Waals surface area contributed by atoms with Crippen LogP contribution in [0.3, 0.4) is 0 Å². The van der Waals surface area contributed by atoms with Crippen LogP contribution in [0.2, 0.25) is 0 Å². The molecule has 0 fully saturated rings. The summed E-state index contributed by atoms with van der Waals surface area (Å²) in [4.78, 5) is 0. The average Bonchev–Trinajstić information content (AvgIpc) is 2.88. The van der Waals surface area contributed by atoms with Gasteiger partial charge in [-0.2, -0.15) is 0 Å². The van der Waals surface area contributed by atoms with Crippen LogP contribution in [0.5, 0.6) is 0 Å². The fourth-order valence-corrected chi connectivity index (χ4v) is 3.05. The van der Waals surface area contributed by atoms with E-state index in [2.05, 4.69) is 63.1 Å². The van der Waals surface area contributed by atoms with E-state index in [1.165, 1.54) is 16.5 Å². The van der Waals surface area contributed by atoms with Gasteiger partial charge >= 0.3 is 0 Å². The average molecular weight is 330 g/mol. The molecule has 0 spiro atoms. The third-order valence-electron chi connectivity index (χ3n) is 3.61. The third kappa shape index (κ3) is 2.51. The van der Waals surface area contributed by atoms with Crippen LogP contribution in [0.25, 0.3) is 10.9 Å². The molecular formula is C17H16BrNO. The van der Waals surface area contributed by atoms with Crippen LogP contribution in [0.4, 0.5) is 0 Å². The zero-order chi connectivity index (χ0) is 13.9. The molecule has 1 heterocycles. The molecule has 3 heteroatoms. The summed E-state index contributed by atoms with van der Waals surface area (Å²) in [6.07, 6.45) is 2.81. The number of aromatic nitrogens is 1. The van der Waals surface area contributed by atoms with E-state index < -0.39 is 0 Å². The van der Waals surface area contributed by atoms with Gasteiger partial charge in [-0.3, -0.25) is 0 Å². The predicted octanol–water partition coefficient (Wildman–Crippen LogP) is 4.38. The highest BCUT2D eigenvalue weighted by Gasteiger charge is 2.14. The van der Waals surface area contributed by atoms with Gasteiger partial charge in [0.2, 0.25) is 0 Å². The Labute approximate surface area is 126 Å². The number of hydrogen-bond acceptors (Lipinski definition) is 1. The highest BCUT2D eigenvalue weighted by Crippen LogP contribution is 2.29. The molecule has 0 aliphatic heterocycles. The van der Waals surface area contributed by atoms with Crippen molar-refractivity contribution < 1.29 is 5.11 Å². The van der Waals surface area contributed by atoms with Crippen molar-refractivity contribution in [1.82, 2.24) is 4.57 Å². The first-order chi connectivity index (χ1) is 9.79. The van der Waals surface area contributed by atoms with E-state index in [1.807, 2.05) is 18.2 Å². The maximum Gasteiger partial charge on any atom is 0.0607 e. The van der Waals surface area contributed by atoms with E-state index >= 15 is 0 Å². The van der Waals surface area contributed by atoms with E-state index in [0.717, 1.165) is 4.47 Å². The van der Waals surface area contributed by atoms with Crippen molar-refractivity contribution >= 4 is 26.8 Å². The zero-order valence-electron chi connectivity index (χ0n) is 11.0. The van der Waals surface area contributed by atoms with Crippen molar-refractivity contribution in [1.29, 1.82) is 0 Å². The molecule has 0 amide bonds. The van der Waals surface area contributed by atoms with Crippen LogP contribution in [0.1, 0.15) is 18.0 Å². The lowest BCUT2D eigenvalue weighted by Gasteiger charge is -2.20. The molecule has 0 bridgehead atoms. The van der Waals surface area contributed by atoms with Crippen LogP contribution in [-0.4, -0.2) is 16.3 Å². The monoisotopic (exact) mass is 329 g/mol. The Bertz CT molecular complexity index is 705. The van der Waals surface area contributed by atoms with Crippen LogP contribution in [-0.2, 0) is 0 Å². The first-order valence-electron chi connectivity index (χ1n) is 6.71. The largest absolute Gasteiger partial charge is 0.396 e. The van der Waals surface area contributed by atoms with Gasteiger partial charge in [-0.25, -0.2) is 0 Å². The summed E-state index contributed by atoms with van der Waals surface area (Å²) in [5.41, 5.74) is 2.41. The Morgan fingerprint density at radius 1 is 1.05 bits per heavy atom. The number of aliphatic hydroxyl groups excluding tert-OH is 1. The summed E-state index contributed by atoms with van der Waals surface area (Å²) in [5.74, 6) is 0. The molecule has 3 aromatic rings. The van der Waals surface area contributed by atoms with E-state index in [4.69, 9.17) is 0 Å². The van der Waals surface area contributed by atoms with E-state index in [-0.39, 0.29) is 12.6 Å². The second kappa shape index (κ2) is 5.81. The number of rotatable bonds is 4. The van der Waals surface area contributed by atoms with Crippen molar-refractivity contribution in [2.45, 2.75) is 12.5 Å². The van der Waals surface area contributed by atoms with Crippen molar-refractivity contribution in [2.75, 3.05) is 6.61 Å². The number of aliphatic hydroxyl groups is 1. The van der Waals surface area contributed by atoms with Gasteiger partial charge in [0, 0.05) is 28.2 Å². The number of fused-ring (bicyclic) bond motifs is 1. The van der Waals surface area contributed by atoms with Gasteiger partial charge < -0.3 is 9.67 Å². The summed E-state index contributed by atoms with van der Waals surface area (Å²) >= 11 is 3.51. The zero-order valence-corrected chi connectivity index (χ0v) is 12.6. The molecule has 1 unspecified atom stereocenters. The second-order valence-electron chi connectivity index (χ2n) is 4.86. The molecule has 0 radical (unpaired) electrons. The number of nitrogens with zero attached hydrogens (tertiary/aromatic N) is 1. The molecule has 1 N–H and O–H groups in total. The van der Waals surface area contributed by atoms with Crippen LogP contribution in [0.15, 0.2) is 65.3 Å². The molecule has 0 saturated carbocycles. The van der Waals surface area contributed by atoms with E-state index in [9.17, 15) is 5.11 Å². The summed E-state index contributed by atoms with van der Waals surface area (Å²) < 4.78 is 3.33. The molecule has 1 atom stereocenters. The Balaban J connectivity index is 2.10. The lowest BCUT2D eigenvalue weighted by molar-refractivity contribution is 0.269. The minimum atomic E-state index is 0.167. The molecule has 2 nitrogen and oxygen atoms in total. The van der Waals surface area contributed by atoms with Gasteiger partial charge in [-0.15, -0.1) is 0 Å². The third-order valence-corrected chi connectivity index (χ3v) is 4.10. The van der Waals surface area contributed by atoms with Crippen LogP contribution >= 0.6 is 15.9 Å². The van der Waals surface area contributed by atoms with Crippen LogP contribution in [0, 0.1) is 0 Å². The first kappa shape index (κ1) is 13.4. The normalized spacial score (nSPS) is 12.7. The molecule has 20 heavy (non-hydrogen) atoms. The molecular weight excluding hydrogens is 314 g/mol. The molecule has 102 valence electrons. The van der Waals surface area contributed by atoms with Crippen molar-refractivity contribution in [2.24, 2.45) is 0 Å². The van der Waals surface area contributed by atoms with Gasteiger partial charge in [0.25, 0.3) is 0 Å². The maximum absolute atomic E-state index is 9.39. The minimum absolute atomic E-state index is 0.167. The summed E-state index contributed by atoms with van der Waals surface area (Å²) in [6.45, 7) is 0.176. The topological polar surface area (TPSA) is 25.2 Å². The maximum atomic E-state index is 9.39. The Morgan fingerprint density at radius 3 is 2.60 bits per heavy atom. The second-order valence-corrected chi connectivity index (χ2v) is 5.78. The van der Waals surface area contributed by atoms with E-state index in [0.29, 0.717) is 6.42 Å². The van der Waals surface area contributed by atoms with Gasteiger partial charge in [-0.05, 0) is 36.2 Å². The number of halogens is 1. The quantitative estimate of drug-likeness (QED) is 0.755. The fourth-order valence-electron chi connectivity index (χ4n) is 2.67. The Morgan fingerprint density at radius 2 is 1.85 bits per heavy atom. The molecule has 0 saturated heterocycles. The van der Waals surface area contributed by atoms with Crippen molar-refractivity contribution in [3.05, 3.63) is 70.8 Å². The Hall–Kier alpha value is -1.58. The van der Waals surface area contributed by atoms with Crippen molar-refractivity contribution in [3.63, 3.8) is 0 Å². The number of benzene rings is 2. The first-order valence-corrected chi connectivity index (χ1v) is 7.51. The van der Waals surface area contributed by atoms with Gasteiger partial charge in [0.15, 0.2) is 0 Å². The predicted molar refractivity (Wildman–Crippen MR) is 85.9 cm³/mol. The highest BCUT2D eigenvalue weighted by molar-refractivity contribution is 9.10. The van der Waals surface area contributed by atoms with Crippen molar-refractivity contribution in [3.8, 4) is 0 Å². The summed E-state index contributed by atoms with van der Waals surface area (Å²) in [5, 5.41) is 10.6. The van der Waals surface area contributed by atoms with Crippen LogP contribution < -0.4 is 0 Å². The molecule has 0 aliphatic carbocycles. The number of hydrogen-bond donors (Lipinski definition) is 1.